The third-order valence-corrected chi connectivity index (χ3v) is 5.87. The molecule has 0 amide bonds. The number of hydrogen-bond donors (Lipinski definition) is 1. The second-order valence-electron chi connectivity index (χ2n) is 6.90. The van der Waals surface area contributed by atoms with Crippen LogP contribution in [0.5, 0.6) is 0 Å². The largest absolute Gasteiger partial charge is 0.356 e. The summed E-state index contributed by atoms with van der Waals surface area (Å²) in [5.41, 5.74) is 2.25. The first-order valence-corrected chi connectivity index (χ1v) is 10.5. The topological polar surface area (TPSA) is 99.9 Å². The van der Waals surface area contributed by atoms with Gasteiger partial charge in [0.25, 0.3) is 0 Å². The van der Waals surface area contributed by atoms with Crippen LogP contribution in [0.15, 0.2) is 22.8 Å². The summed E-state index contributed by atoms with van der Waals surface area (Å²) in [5, 5.41) is 7.68. The average Bonchev–Trinajstić information content (AvgIpc) is 3.37. The Morgan fingerprint density at radius 3 is 2.79 bits per heavy atom. The molecule has 150 valence electrons. The van der Waals surface area contributed by atoms with Gasteiger partial charge in [-0.05, 0) is 28.5 Å². The minimum atomic E-state index is -0.279. The van der Waals surface area contributed by atoms with Gasteiger partial charge in [0.05, 0.1) is 11.0 Å². The molecule has 4 aromatic rings. The smallest absolute Gasteiger partial charge is 0.245 e. The van der Waals surface area contributed by atoms with Crippen LogP contribution in [0.1, 0.15) is 5.82 Å². The highest BCUT2D eigenvalue weighted by molar-refractivity contribution is 7.99. The Balaban J connectivity index is 1.40. The van der Waals surface area contributed by atoms with Gasteiger partial charge in [-0.3, -0.25) is 0 Å². The molecule has 0 bridgehead atoms. The van der Waals surface area contributed by atoms with E-state index in [2.05, 4.69) is 35.1 Å². The van der Waals surface area contributed by atoms with E-state index in [9.17, 15) is 4.39 Å². The molecule has 0 unspecified atom stereocenters. The molecule has 1 aromatic carbocycles. The van der Waals surface area contributed by atoms with E-state index in [4.69, 9.17) is 4.63 Å². The van der Waals surface area contributed by atoms with Gasteiger partial charge in [-0.1, -0.05) is 0 Å². The molecule has 0 saturated carbocycles. The van der Waals surface area contributed by atoms with Gasteiger partial charge in [-0.25, -0.2) is 24.0 Å². The Morgan fingerprint density at radius 2 is 1.97 bits per heavy atom. The number of nitrogens with one attached hydrogen (secondary N) is 1. The van der Waals surface area contributed by atoms with Crippen LogP contribution in [0.25, 0.3) is 22.3 Å². The summed E-state index contributed by atoms with van der Waals surface area (Å²) in [6.07, 6.45) is 0.652. The third-order valence-electron chi connectivity index (χ3n) is 4.93. The molecule has 0 spiro atoms. The lowest BCUT2D eigenvalue weighted by molar-refractivity contribution is 0.314. The van der Waals surface area contributed by atoms with E-state index in [0.29, 0.717) is 29.8 Å². The van der Waals surface area contributed by atoms with Crippen molar-refractivity contribution in [2.45, 2.75) is 6.42 Å². The number of rotatable bonds is 5. The number of fused-ring (bicyclic) bond motifs is 2. The predicted molar refractivity (Wildman–Crippen MR) is 110 cm³/mol. The second-order valence-corrected chi connectivity index (χ2v) is 8.12. The number of likely N-dealkylation sites (N-methyl/N-ethyl adjacent to an activating group) is 1. The fraction of sp³-hybridized carbons (Fsp3) is 0.389. The standard InChI is InChI=1S/C18H19FN8OS/c1-26(5-4-14-20-12-3-2-11(19)10-13(12)21-14)17-18(27-6-8-29-9-7-27)23-16-15(22-17)24-28-25-16/h2-3,10H,4-9H2,1H3,(H,20,21). The summed E-state index contributed by atoms with van der Waals surface area (Å²) in [6, 6.07) is 4.55. The van der Waals surface area contributed by atoms with Crippen molar-refractivity contribution in [2.75, 3.05) is 48.0 Å². The first-order valence-electron chi connectivity index (χ1n) is 9.36. The number of aromatic nitrogens is 6. The highest BCUT2D eigenvalue weighted by Gasteiger charge is 2.22. The molecule has 0 radical (unpaired) electrons. The van der Waals surface area contributed by atoms with Gasteiger partial charge in [0, 0.05) is 44.6 Å². The highest BCUT2D eigenvalue weighted by atomic mass is 32.2. The van der Waals surface area contributed by atoms with Gasteiger partial charge >= 0.3 is 0 Å². The molecule has 5 rings (SSSR count). The number of aromatic amines is 1. The normalized spacial score (nSPS) is 14.8. The lowest BCUT2D eigenvalue weighted by Crippen LogP contribution is -2.35. The lowest BCUT2D eigenvalue weighted by Gasteiger charge is -2.30. The molecule has 4 heterocycles. The molecule has 0 atom stereocenters. The lowest BCUT2D eigenvalue weighted by atomic mass is 10.3. The van der Waals surface area contributed by atoms with Gasteiger partial charge in [-0.15, -0.1) is 0 Å². The molecular formula is C18H19FN8OS. The van der Waals surface area contributed by atoms with Crippen LogP contribution >= 0.6 is 11.8 Å². The maximum atomic E-state index is 13.4. The van der Waals surface area contributed by atoms with Crippen LogP contribution in [0, 0.1) is 5.82 Å². The zero-order valence-corrected chi connectivity index (χ0v) is 16.6. The summed E-state index contributed by atoms with van der Waals surface area (Å²) < 4.78 is 18.2. The van der Waals surface area contributed by atoms with Crippen molar-refractivity contribution in [1.82, 2.24) is 30.2 Å². The number of halogens is 1. The van der Waals surface area contributed by atoms with E-state index in [-0.39, 0.29) is 5.82 Å². The van der Waals surface area contributed by atoms with E-state index < -0.39 is 0 Å². The Kier molecular flexibility index (Phi) is 4.66. The molecule has 1 fully saturated rings. The van der Waals surface area contributed by atoms with Crippen molar-refractivity contribution in [3.8, 4) is 0 Å². The Morgan fingerprint density at radius 1 is 1.17 bits per heavy atom. The Labute approximate surface area is 169 Å². The Hall–Kier alpha value is -2.95. The number of nitrogens with zero attached hydrogens (tertiary/aromatic N) is 7. The number of benzene rings is 1. The first kappa shape index (κ1) is 18.1. The molecule has 1 aliphatic rings. The second kappa shape index (κ2) is 7.47. The number of imidazole rings is 1. The van der Waals surface area contributed by atoms with Crippen LogP contribution in [-0.2, 0) is 6.42 Å². The van der Waals surface area contributed by atoms with Gasteiger partial charge in [0.2, 0.25) is 11.3 Å². The van der Waals surface area contributed by atoms with Crippen LogP contribution in [0.4, 0.5) is 16.0 Å². The van der Waals surface area contributed by atoms with Gasteiger partial charge in [0.15, 0.2) is 11.6 Å². The minimum absolute atomic E-state index is 0.279. The highest BCUT2D eigenvalue weighted by Crippen LogP contribution is 2.28. The number of thioether (sulfide) groups is 1. The van der Waals surface area contributed by atoms with Crippen LogP contribution < -0.4 is 9.80 Å². The Bertz CT molecular complexity index is 1160. The van der Waals surface area contributed by atoms with Crippen molar-refractivity contribution in [1.29, 1.82) is 0 Å². The predicted octanol–water partition coefficient (Wildman–Crippen LogP) is 2.26. The van der Waals surface area contributed by atoms with Crippen molar-refractivity contribution in [3.05, 3.63) is 29.8 Å². The monoisotopic (exact) mass is 414 g/mol. The summed E-state index contributed by atoms with van der Waals surface area (Å²) >= 11 is 1.93. The van der Waals surface area contributed by atoms with Crippen molar-refractivity contribution in [2.24, 2.45) is 0 Å². The molecule has 1 saturated heterocycles. The average molecular weight is 414 g/mol. The van der Waals surface area contributed by atoms with E-state index in [0.717, 1.165) is 47.6 Å². The molecule has 9 nitrogen and oxygen atoms in total. The summed E-state index contributed by atoms with van der Waals surface area (Å²) in [4.78, 5) is 21.3. The van der Waals surface area contributed by atoms with E-state index in [1.807, 2.05) is 23.7 Å². The van der Waals surface area contributed by atoms with E-state index in [1.165, 1.54) is 12.1 Å². The third kappa shape index (κ3) is 3.57. The molecular weight excluding hydrogens is 395 g/mol. The molecule has 0 aliphatic carbocycles. The summed E-state index contributed by atoms with van der Waals surface area (Å²) in [6.45, 7) is 2.47. The van der Waals surface area contributed by atoms with Gasteiger partial charge in [0.1, 0.15) is 11.6 Å². The molecule has 1 N–H and O–H groups in total. The summed E-state index contributed by atoms with van der Waals surface area (Å²) in [7, 11) is 1.97. The maximum Gasteiger partial charge on any atom is 0.245 e. The molecule has 3 aromatic heterocycles. The molecule has 1 aliphatic heterocycles. The molecule has 11 heteroatoms. The van der Waals surface area contributed by atoms with Gasteiger partial charge in [-0.2, -0.15) is 11.8 Å². The van der Waals surface area contributed by atoms with Crippen LogP contribution in [-0.4, -0.2) is 68.4 Å². The number of anilines is 2. The number of hydrogen-bond acceptors (Lipinski definition) is 9. The fourth-order valence-corrected chi connectivity index (χ4v) is 4.30. The quantitative estimate of drug-likeness (QED) is 0.527. The van der Waals surface area contributed by atoms with E-state index >= 15 is 0 Å². The minimum Gasteiger partial charge on any atom is -0.356 e. The maximum absolute atomic E-state index is 13.4. The van der Waals surface area contributed by atoms with Crippen molar-refractivity contribution < 1.29 is 9.02 Å². The summed E-state index contributed by atoms with van der Waals surface area (Å²) in [5.74, 6) is 4.15. The van der Waals surface area contributed by atoms with Crippen LogP contribution in [0.3, 0.4) is 0 Å². The SMILES string of the molecule is CN(CCc1nc2ccc(F)cc2[nH]1)c1nc2nonc2nc1N1CCSCC1. The fourth-order valence-electron chi connectivity index (χ4n) is 3.40. The number of H-pyrrole nitrogens is 1. The zero-order valence-electron chi connectivity index (χ0n) is 15.8. The van der Waals surface area contributed by atoms with Crippen LogP contribution in [0.2, 0.25) is 0 Å². The zero-order chi connectivity index (χ0) is 19.8. The van der Waals surface area contributed by atoms with E-state index in [1.54, 1.807) is 6.07 Å². The molecule has 29 heavy (non-hydrogen) atoms. The van der Waals surface area contributed by atoms with Crippen molar-refractivity contribution in [3.63, 3.8) is 0 Å². The first-order chi connectivity index (χ1) is 14.2. The van der Waals surface area contributed by atoms with Crippen molar-refractivity contribution >= 4 is 45.7 Å². The van der Waals surface area contributed by atoms with Gasteiger partial charge < -0.3 is 14.8 Å².